The van der Waals surface area contributed by atoms with Crippen molar-refractivity contribution in [2.24, 2.45) is 5.92 Å². The van der Waals surface area contributed by atoms with Crippen LogP contribution in [-0.2, 0) is 65.4 Å². The highest BCUT2D eigenvalue weighted by atomic mass is 31.2. The normalized spacial score (nSPS) is 13.7. The quantitative estimate of drug-likeness (QED) is 0.0222. The Hall–Kier alpha value is -1.94. The van der Waals surface area contributed by atoms with E-state index in [1.807, 2.05) is 0 Å². The second-order valence-corrected chi connectivity index (χ2v) is 35.4. The van der Waals surface area contributed by atoms with Crippen molar-refractivity contribution in [3.05, 3.63) is 0 Å². The van der Waals surface area contributed by atoms with E-state index in [-0.39, 0.29) is 25.7 Å². The van der Waals surface area contributed by atoms with E-state index >= 15 is 0 Å². The van der Waals surface area contributed by atoms with Gasteiger partial charge in [0, 0.05) is 25.7 Å². The van der Waals surface area contributed by atoms with Crippen molar-refractivity contribution in [1.82, 2.24) is 0 Å². The van der Waals surface area contributed by atoms with Crippen LogP contribution in [0.4, 0.5) is 0 Å². The van der Waals surface area contributed by atoms with Crippen LogP contribution in [-0.4, -0.2) is 96.7 Å². The monoisotopic (exact) mass is 1580 g/mol. The van der Waals surface area contributed by atoms with Crippen molar-refractivity contribution in [2.45, 2.75) is 502 Å². The van der Waals surface area contributed by atoms with Crippen LogP contribution in [0.1, 0.15) is 484 Å². The highest BCUT2D eigenvalue weighted by Crippen LogP contribution is 2.45. The first-order valence-corrected chi connectivity index (χ1v) is 49.1. The first-order chi connectivity index (χ1) is 52.5. The molecule has 0 rings (SSSR count). The molecule has 3 N–H and O–H groups in total. The maximum atomic E-state index is 13.2. The highest BCUT2D eigenvalue weighted by Gasteiger charge is 2.30. The van der Waals surface area contributed by atoms with Gasteiger partial charge in [-0.25, -0.2) is 9.13 Å². The molecule has 0 aliphatic carbocycles. The van der Waals surface area contributed by atoms with Crippen LogP contribution < -0.4 is 0 Å². The molecule has 0 aromatic carbocycles. The number of aliphatic hydroxyl groups excluding tert-OH is 1. The molecular weight excluding hydrogens is 1400 g/mol. The zero-order valence-electron chi connectivity index (χ0n) is 71.0. The minimum Gasteiger partial charge on any atom is -0.462 e. The third-order valence-corrected chi connectivity index (χ3v) is 22.9. The van der Waals surface area contributed by atoms with Gasteiger partial charge in [-0.15, -0.1) is 0 Å². The van der Waals surface area contributed by atoms with Gasteiger partial charge in [-0.2, -0.15) is 0 Å². The zero-order chi connectivity index (χ0) is 79.0. The SMILES string of the molecule is CCCCCCCCCCCCCCCCCCCCCCCCC(=O)OC[C@H](COP(=O)(O)OC[C@@H](O)COP(=O)(O)OC[C@@H](COC(=O)CCCCCCCCCC)OC(=O)CCCCCCCCCCCCCCCC(C)C)OC(=O)CCCCCCCCCCCCCCCCCCCCCCCC. The van der Waals surface area contributed by atoms with Crippen molar-refractivity contribution in [3.63, 3.8) is 0 Å². The molecule has 0 saturated heterocycles. The molecule has 108 heavy (non-hydrogen) atoms. The average Bonchev–Trinajstić information content (AvgIpc) is 0.911. The summed E-state index contributed by atoms with van der Waals surface area (Å²) in [7, 11) is -9.93. The van der Waals surface area contributed by atoms with Gasteiger partial charge in [-0.3, -0.25) is 37.3 Å². The van der Waals surface area contributed by atoms with E-state index in [0.29, 0.717) is 25.7 Å². The first kappa shape index (κ1) is 106. The Morgan fingerprint density at radius 1 is 0.250 bits per heavy atom. The Morgan fingerprint density at radius 2 is 0.426 bits per heavy atom. The van der Waals surface area contributed by atoms with Crippen LogP contribution in [0.15, 0.2) is 0 Å². The van der Waals surface area contributed by atoms with Gasteiger partial charge in [0.05, 0.1) is 26.4 Å². The van der Waals surface area contributed by atoms with Crippen LogP contribution >= 0.6 is 15.6 Å². The number of unbranched alkanes of at least 4 members (excludes halogenated alkanes) is 61. The molecule has 17 nitrogen and oxygen atoms in total. The second kappa shape index (κ2) is 81.6. The number of carbonyl (C=O) groups is 4. The Kier molecular flexibility index (Phi) is 80.2. The molecule has 642 valence electrons. The van der Waals surface area contributed by atoms with Gasteiger partial charge in [-0.05, 0) is 31.6 Å². The summed E-state index contributed by atoms with van der Waals surface area (Å²) in [5.74, 6) is -1.31. The van der Waals surface area contributed by atoms with E-state index in [1.54, 1.807) is 0 Å². The van der Waals surface area contributed by atoms with Gasteiger partial charge in [0.2, 0.25) is 0 Å². The molecule has 0 aliphatic rings. The molecule has 0 bridgehead atoms. The molecule has 0 saturated carbocycles. The predicted molar refractivity (Wildman–Crippen MR) is 446 cm³/mol. The number of aliphatic hydroxyl groups is 1. The molecule has 0 heterocycles. The van der Waals surface area contributed by atoms with Crippen LogP contribution in [0.25, 0.3) is 0 Å². The molecule has 0 fully saturated rings. The zero-order valence-corrected chi connectivity index (χ0v) is 72.8. The van der Waals surface area contributed by atoms with Crippen molar-refractivity contribution in [1.29, 1.82) is 0 Å². The van der Waals surface area contributed by atoms with Gasteiger partial charge in [0.25, 0.3) is 0 Å². The van der Waals surface area contributed by atoms with Gasteiger partial charge in [-0.1, -0.05) is 433 Å². The summed E-state index contributed by atoms with van der Waals surface area (Å²) in [6, 6.07) is 0. The number of hydrogen-bond acceptors (Lipinski definition) is 15. The minimum atomic E-state index is -4.97. The third kappa shape index (κ3) is 82.1. The summed E-state index contributed by atoms with van der Waals surface area (Å²) in [5.41, 5.74) is 0. The summed E-state index contributed by atoms with van der Waals surface area (Å²) >= 11 is 0. The maximum Gasteiger partial charge on any atom is 0.472 e. The van der Waals surface area contributed by atoms with E-state index in [4.69, 9.17) is 37.0 Å². The average molecular weight is 1580 g/mol. The van der Waals surface area contributed by atoms with Gasteiger partial charge in [0.1, 0.15) is 19.3 Å². The van der Waals surface area contributed by atoms with Crippen LogP contribution in [0, 0.1) is 5.92 Å². The highest BCUT2D eigenvalue weighted by molar-refractivity contribution is 7.47. The topological polar surface area (TPSA) is 237 Å². The lowest BCUT2D eigenvalue weighted by molar-refractivity contribution is -0.161. The number of ether oxygens (including phenoxy) is 4. The molecule has 0 aromatic heterocycles. The van der Waals surface area contributed by atoms with Crippen molar-refractivity contribution in [2.75, 3.05) is 39.6 Å². The first-order valence-electron chi connectivity index (χ1n) is 46.1. The number of phosphoric ester groups is 2. The fourth-order valence-corrected chi connectivity index (χ4v) is 15.6. The predicted octanol–water partition coefficient (Wildman–Crippen LogP) is 27.5. The molecule has 2 unspecified atom stereocenters. The number of hydrogen-bond donors (Lipinski definition) is 3. The van der Waals surface area contributed by atoms with E-state index in [9.17, 15) is 43.2 Å². The molecular formula is C89H174O17P2. The minimum absolute atomic E-state index is 0.108. The molecule has 5 atom stereocenters. The largest absolute Gasteiger partial charge is 0.472 e. The molecule has 0 amide bonds. The van der Waals surface area contributed by atoms with Crippen LogP contribution in [0.3, 0.4) is 0 Å². The smallest absolute Gasteiger partial charge is 0.462 e. The summed E-state index contributed by atoms with van der Waals surface area (Å²) in [6.45, 7) is 7.36. The number of rotatable bonds is 89. The number of esters is 4. The van der Waals surface area contributed by atoms with Crippen molar-refractivity contribution >= 4 is 39.5 Å². The Labute approximate surface area is 664 Å². The van der Waals surface area contributed by atoms with Crippen molar-refractivity contribution < 1.29 is 80.2 Å². The maximum absolute atomic E-state index is 13.2. The van der Waals surface area contributed by atoms with Gasteiger partial charge >= 0.3 is 39.5 Å². The summed E-state index contributed by atoms with van der Waals surface area (Å²) in [6.07, 6.45) is 76.8. The van der Waals surface area contributed by atoms with Crippen molar-refractivity contribution in [3.8, 4) is 0 Å². The van der Waals surface area contributed by atoms with Crippen LogP contribution in [0.2, 0.25) is 0 Å². The Balaban J connectivity index is 5.16. The van der Waals surface area contributed by atoms with Crippen LogP contribution in [0.5, 0.6) is 0 Å². The number of carbonyl (C=O) groups excluding carboxylic acids is 4. The number of phosphoric acid groups is 2. The fourth-order valence-electron chi connectivity index (χ4n) is 14.0. The Bertz CT molecular complexity index is 2050. The lowest BCUT2D eigenvalue weighted by atomic mass is 10.0. The molecule has 0 aromatic rings. The molecule has 0 aliphatic heterocycles. The second-order valence-electron chi connectivity index (χ2n) is 32.5. The summed E-state index contributed by atoms with van der Waals surface area (Å²) in [5, 5.41) is 10.7. The standard InChI is InChI=1S/C89H174O17P2/c1-6-9-12-15-18-21-23-25-27-29-31-33-35-37-39-41-45-49-53-58-63-68-73-87(92)100-79-85(106-89(94)74-69-64-59-54-50-46-42-40-38-36-34-32-30-28-26-24-22-19-16-13-10-7-2)81-104-108(97,98)102-77-83(90)76-101-107(95,96)103-80-84(78-99-86(91)72-67-62-57-20-17-14-11-8-3)105-88(93)75-70-65-60-55-51-47-43-44-48-52-56-61-66-71-82(4)5/h82-85,90H,6-81H2,1-5H3,(H,95,96)(H,97,98)/t83-,84+,85+/m0/s1. The molecule has 19 heteroatoms. The van der Waals surface area contributed by atoms with E-state index < -0.39 is 97.5 Å². The summed E-state index contributed by atoms with van der Waals surface area (Å²) in [4.78, 5) is 73.2. The Morgan fingerprint density at radius 3 is 0.630 bits per heavy atom. The van der Waals surface area contributed by atoms with E-state index in [0.717, 1.165) is 102 Å². The lowest BCUT2D eigenvalue weighted by Gasteiger charge is -2.21. The molecule has 0 spiro atoms. The van der Waals surface area contributed by atoms with Gasteiger partial charge < -0.3 is 33.8 Å². The molecule has 0 radical (unpaired) electrons. The van der Waals surface area contributed by atoms with Gasteiger partial charge in [0.15, 0.2) is 12.2 Å². The summed E-state index contributed by atoms with van der Waals surface area (Å²) < 4.78 is 68.9. The van der Waals surface area contributed by atoms with E-state index in [2.05, 4.69) is 34.6 Å². The third-order valence-electron chi connectivity index (χ3n) is 21.0. The fraction of sp³-hybridized carbons (Fsp3) is 0.955. The van der Waals surface area contributed by atoms with E-state index in [1.165, 1.54) is 302 Å². The lowest BCUT2D eigenvalue weighted by Crippen LogP contribution is -2.30.